The van der Waals surface area contributed by atoms with E-state index in [4.69, 9.17) is 10.3 Å². The highest BCUT2D eigenvalue weighted by molar-refractivity contribution is 7.51. The largest absolute Gasteiger partial charge is 0.350 e. The third kappa shape index (κ3) is 10.3. The van der Waals surface area contributed by atoms with Gasteiger partial charge in [-0.15, -0.1) is 0 Å². The van der Waals surface area contributed by atoms with E-state index in [-0.39, 0.29) is 23.6 Å². The van der Waals surface area contributed by atoms with Crippen LogP contribution in [-0.2, 0) is 9.32 Å². The van der Waals surface area contributed by atoms with Gasteiger partial charge >= 0.3 is 0 Å². The van der Waals surface area contributed by atoms with Gasteiger partial charge in [-0.3, -0.25) is 4.79 Å². The molecule has 0 saturated heterocycles. The summed E-state index contributed by atoms with van der Waals surface area (Å²) in [6.07, 6.45) is 0.797. The molecule has 16 heavy (non-hydrogen) atoms. The van der Waals surface area contributed by atoms with E-state index in [2.05, 4.69) is 5.32 Å². The van der Waals surface area contributed by atoms with Gasteiger partial charge < -0.3 is 15.6 Å². The van der Waals surface area contributed by atoms with Crippen molar-refractivity contribution in [3.05, 3.63) is 0 Å². The molecule has 3 N–H and O–H groups in total. The van der Waals surface area contributed by atoms with E-state index in [9.17, 15) is 4.79 Å². The normalized spacial score (nSPS) is 14.7. The molecule has 0 aromatic carbocycles. The SMILES string of the molecule is CP(CC(C)(C)N)OCC(=O)NC(C)(C)C. The molecule has 0 rings (SSSR count). The van der Waals surface area contributed by atoms with Crippen molar-refractivity contribution >= 4 is 14.1 Å². The van der Waals surface area contributed by atoms with E-state index >= 15 is 0 Å². The molecule has 4 nitrogen and oxygen atoms in total. The molecule has 1 atom stereocenters. The monoisotopic (exact) mass is 248 g/mol. The van der Waals surface area contributed by atoms with Gasteiger partial charge in [-0.25, -0.2) is 0 Å². The van der Waals surface area contributed by atoms with Crippen molar-refractivity contribution in [1.29, 1.82) is 0 Å². The number of rotatable bonds is 5. The molecule has 1 amide bonds. The molecule has 0 fully saturated rings. The van der Waals surface area contributed by atoms with Crippen LogP contribution in [0.1, 0.15) is 34.6 Å². The van der Waals surface area contributed by atoms with Crippen molar-refractivity contribution < 1.29 is 9.32 Å². The molecule has 0 spiro atoms. The lowest BCUT2D eigenvalue weighted by atomic mass is 10.1. The molecule has 0 aliphatic heterocycles. The van der Waals surface area contributed by atoms with Gasteiger partial charge in [-0.2, -0.15) is 0 Å². The zero-order valence-electron chi connectivity index (χ0n) is 11.3. The fourth-order valence-corrected chi connectivity index (χ4v) is 2.82. The summed E-state index contributed by atoms with van der Waals surface area (Å²) in [6, 6.07) is 0. The molecule has 0 aromatic heterocycles. The Morgan fingerprint density at radius 1 is 1.31 bits per heavy atom. The summed E-state index contributed by atoms with van der Waals surface area (Å²) in [4.78, 5) is 11.5. The Bertz CT molecular complexity index is 231. The van der Waals surface area contributed by atoms with Crippen LogP contribution in [0.5, 0.6) is 0 Å². The van der Waals surface area contributed by atoms with Crippen molar-refractivity contribution in [2.24, 2.45) is 5.73 Å². The van der Waals surface area contributed by atoms with Crippen LogP contribution in [0.3, 0.4) is 0 Å². The highest BCUT2D eigenvalue weighted by Gasteiger charge is 2.18. The van der Waals surface area contributed by atoms with Crippen LogP contribution in [-0.4, -0.2) is 36.4 Å². The highest BCUT2D eigenvalue weighted by atomic mass is 31.1. The maximum absolute atomic E-state index is 11.5. The van der Waals surface area contributed by atoms with Crippen LogP contribution in [0, 0.1) is 0 Å². The quantitative estimate of drug-likeness (QED) is 0.728. The van der Waals surface area contributed by atoms with Gasteiger partial charge in [0.1, 0.15) is 6.61 Å². The standard InChI is InChI=1S/C11H25N2O2P/c1-10(2,3)13-9(14)7-15-16(6)8-11(4,5)12/h7-8,12H2,1-6H3,(H,13,14). The van der Waals surface area contributed by atoms with Gasteiger partial charge in [0, 0.05) is 25.4 Å². The highest BCUT2D eigenvalue weighted by Crippen LogP contribution is 2.34. The Balaban J connectivity index is 3.85. The van der Waals surface area contributed by atoms with Gasteiger partial charge in [-0.05, 0) is 41.3 Å². The minimum absolute atomic E-state index is 0.0725. The number of amides is 1. The molecule has 0 bridgehead atoms. The number of carbonyl (C=O) groups excluding carboxylic acids is 1. The summed E-state index contributed by atoms with van der Waals surface area (Å²) in [5.74, 6) is -0.0725. The lowest BCUT2D eigenvalue weighted by Gasteiger charge is -2.24. The first kappa shape index (κ1) is 15.8. The van der Waals surface area contributed by atoms with Crippen LogP contribution in [0.15, 0.2) is 0 Å². The molecule has 5 heteroatoms. The second kappa shape index (κ2) is 5.95. The number of hydrogen-bond donors (Lipinski definition) is 2. The predicted octanol–water partition coefficient (Wildman–Crippen LogP) is 1.68. The molecule has 0 saturated carbocycles. The van der Waals surface area contributed by atoms with E-state index in [1.807, 2.05) is 41.3 Å². The minimum atomic E-state index is -0.629. The molecule has 1 unspecified atom stereocenters. The molecule has 0 aliphatic rings. The van der Waals surface area contributed by atoms with Crippen LogP contribution in [0.4, 0.5) is 0 Å². The summed E-state index contributed by atoms with van der Waals surface area (Å²) in [5.41, 5.74) is 5.44. The first-order valence-corrected chi connectivity index (χ1v) is 7.33. The van der Waals surface area contributed by atoms with Crippen LogP contribution in [0.2, 0.25) is 0 Å². The average Bonchev–Trinajstić information content (AvgIpc) is 1.94. The number of nitrogens with two attached hydrogens (primary N) is 1. The van der Waals surface area contributed by atoms with Gasteiger partial charge in [0.25, 0.3) is 0 Å². The maximum Gasteiger partial charge on any atom is 0.246 e. The molecule has 0 aromatic rings. The van der Waals surface area contributed by atoms with Crippen molar-refractivity contribution in [3.8, 4) is 0 Å². The summed E-state index contributed by atoms with van der Waals surface area (Å²) in [5, 5.41) is 2.85. The third-order valence-electron chi connectivity index (χ3n) is 1.56. The Morgan fingerprint density at radius 2 is 1.81 bits per heavy atom. The van der Waals surface area contributed by atoms with Gasteiger partial charge in [0.15, 0.2) is 0 Å². The van der Waals surface area contributed by atoms with E-state index in [1.165, 1.54) is 0 Å². The average molecular weight is 248 g/mol. The predicted molar refractivity (Wildman–Crippen MR) is 69.8 cm³/mol. The fraction of sp³-hybridized carbons (Fsp3) is 0.909. The van der Waals surface area contributed by atoms with Gasteiger partial charge in [0.2, 0.25) is 5.91 Å². The van der Waals surface area contributed by atoms with Gasteiger partial charge in [0.05, 0.1) is 0 Å². The first-order valence-electron chi connectivity index (χ1n) is 5.43. The number of carbonyl (C=O) groups is 1. The van der Waals surface area contributed by atoms with E-state index in [1.54, 1.807) is 0 Å². The lowest BCUT2D eigenvalue weighted by Crippen LogP contribution is -2.42. The fourth-order valence-electron chi connectivity index (χ4n) is 1.24. The van der Waals surface area contributed by atoms with Crippen molar-refractivity contribution in [2.75, 3.05) is 19.4 Å². The first-order chi connectivity index (χ1) is 6.99. The topological polar surface area (TPSA) is 64.3 Å². The van der Waals surface area contributed by atoms with Gasteiger partial charge in [-0.1, -0.05) is 0 Å². The van der Waals surface area contributed by atoms with Crippen molar-refractivity contribution in [3.63, 3.8) is 0 Å². The van der Waals surface area contributed by atoms with Crippen LogP contribution < -0.4 is 11.1 Å². The summed E-state index contributed by atoms with van der Waals surface area (Å²) < 4.78 is 5.50. The molecular weight excluding hydrogens is 223 g/mol. The summed E-state index contributed by atoms with van der Waals surface area (Å²) in [6.45, 7) is 11.9. The summed E-state index contributed by atoms with van der Waals surface area (Å²) >= 11 is 0. The van der Waals surface area contributed by atoms with E-state index < -0.39 is 8.15 Å². The Morgan fingerprint density at radius 3 is 2.19 bits per heavy atom. The van der Waals surface area contributed by atoms with Crippen LogP contribution in [0.25, 0.3) is 0 Å². The zero-order chi connectivity index (χ0) is 13.0. The maximum atomic E-state index is 11.5. The molecule has 0 aliphatic carbocycles. The Hall–Kier alpha value is -0.180. The summed E-state index contributed by atoms with van der Waals surface area (Å²) in [7, 11) is -0.629. The second-order valence-corrected chi connectivity index (χ2v) is 7.68. The number of hydrogen-bond acceptors (Lipinski definition) is 3. The smallest absolute Gasteiger partial charge is 0.246 e. The van der Waals surface area contributed by atoms with Crippen molar-refractivity contribution in [1.82, 2.24) is 5.32 Å². The lowest BCUT2D eigenvalue weighted by molar-refractivity contribution is -0.124. The Kier molecular flexibility index (Phi) is 5.88. The molecule has 0 heterocycles. The molecule has 0 radical (unpaired) electrons. The zero-order valence-corrected chi connectivity index (χ0v) is 12.1. The van der Waals surface area contributed by atoms with Crippen molar-refractivity contribution in [2.45, 2.75) is 45.7 Å². The van der Waals surface area contributed by atoms with E-state index in [0.29, 0.717) is 0 Å². The van der Waals surface area contributed by atoms with Crippen LogP contribution >= 0.6 is 8.15 Å². The number of nitrogens with one attached hydrogen (secondary N) is 1. The minimum Gasteiger partial charge on any atom is -0.350 e. The second-order valence-electron chi connectivity index (χ2n) is 5.85. The third-order valence-corrected chi connectivity index (χ3v) is 3.39. The molecular formula is C11H25N2O2P. The molecule has 96 valence electrons. The Labute approximate surface area is 100 Å². The van der Waals surface area contributed by atoms with E-state index in [0.717, 1.165) is 6.16 Å².